The average molecular weight is 336 g/mol. The molecule has 0 aliphatic carbocycles. The third-order valence-electron chi connectivity index (χ3n) is 5.42. The number of anilines is 2. The minimum absolute atomic E-state index is 0.0378. The molecule has 1 N–H and O–H groups in total. The Morgan fingerprint density at radius 2 is 1.91 bits per heavy atom. The third-order valence-corrected chi connectivity index (χ3v) is 5.72. The van der Waals surface area contributed by atoms with Crippen LogP contribution in [0.25, 0.3) is 0 Å². The predicted octanol–water partition coefficient (Wildman–Crippen LogP) is 3.05. The third kappa shape index (κ3) is 2.46. The Morgan fingerprint density at radius 3 is 2.52 bits per heavy atom. The summed E-state index contributed by atoms with van der Waals surface area (Å²) in [5, 5.41) is 3.67. The smallest absolute Gasteiger partial charge is 0.321 e. The second kappa shape index (κ2) is 5.56. The lowest BCUT2D eigenvalue weighted by molar-refractivity contribution is 0.0747. The molecule has 2 bridgehead atoms. The number of carbonyl (C=O) groups is 1. The molecule has 3 aliphatic heterocycles. The van der Waals surface area contributed by atoms with E-state index in [4.69, 9.17) is 16.3 Å². The highest BCUT2D eigenvalue weighted by molar-refractivity contribution is 6.34. The van der Waals surface area contributed by atoms with Crippen molar-refractivity contribution in [3.05, 3.63) is 23.2 Å². The zero-order valence-electron chi connectivity index (χ0n) is 13.5. The number of hydrogen-bond acceptors (Lipinski definition) is 3. The summed E-state index contributed by atoms with van der Waals surface area (Å²) in [4.78, 5) is 16.5. The fraction of sp³-hybridized carbons (Fsp3) is 0.588. The molecule has 3 saturated heterocycles. The van der Waals surface area contributed by atoms with E-state index in [0.717, 1.165) is 37.3 Å². The van der Waals surface area contributed by atoms with Crippen molar-refractivity contribution in [2.75, 3.05) is 37.4 Å². The Bertz CT molecular complexity index is 618. The Kier molecular flexibility index (Phi) is 3.65. The molecule has 4 atom stereocenters. The molecule has 6 heteroatoms. The molecular weight excluding hydrogens is 314 g/mol. The maximum atomic E-state index is 12.7. The van der Waals surface area contributed by atoms with Gasteiger partial charge in [-0.05, 0) is 25.0 Å². The summed E-state index contributed by atoms with van der Waals surface area (Å²) >= 11 is 6.27. The Morgan fingerprint density at radius 1 is 1.26 bits per heavy atom. The highest BCUT2D eigenvalue weighted by atomic mass is 35.5. The zero-order chi connectivity index (χ0) is 16.1. The van der Waals surface area contributed by atoms with Gasteiger partial charge in [-0.15, -0.1) is 0 Å². The first-order valence-corrected chi connectivity index (χ1v) is 8.59. The van der Waals surface area contributed by atoms with E-state index < -0.39 is 0 Å². The number of carbonyl (C=O) groups excluding carboxylic acids is 1. The van der Waals surface area contributed by atoms with Gasteiger partial charge in [0.25, 0.3) is 0 Å². The second-order valence-electron chi connectivity index (χ2n) is 6.98. The quantitative estimate of drug-likeness (QED) is 0.903. The molecule has 1 aromatic rings. The van der Waals surface area contributed by atoms with E-state index in [1.807, 2.05) is 42.1 Å². The molecule has 5 nitrogen and oxygen atoms in total. The minimum atomic E-state index is -0.0378. The van der Waals surface area contributed by atoms with Crippen LogP contribution in [0.15, 0.2) is 18.2 Å². The Labute approximate surface area is 141 Å². The molecule has 4 rings (SSSR count). The number of hydrogen-bond donors (Lipinski definition) is 1. The van der Waals surface area contributed by atoms with E-state index in [1.54, 1.807) is 0 Å². The fourth-order valence-corrected chi connectivity index (χ4v) is 4.73. The second-order valence-corrected chi connectivity index (χ2v) is 7.39. The van der Waals surface area contributed by atoms with Gasteiger partial charge in [-0.1, -0.05) is 17.7 Å². The molecule has 0 saturated carbocycles. The summed E-state index contributed by atoms with van der Waals surface area (Å²) in [6, 6.07) is 5.55. The number of urea groups is 1. The van der Waals surface area contributed by atoms with Crippen LogP contribution in [0.3, 0.4) is 0 Å². The Hall–Kier alpha value is -1.46. The van der Waals surface area contributed by atoms with Crippen molar-refractivity contribution in [2.24, 2.45) is 11.8 Å². The van der Waals surface area contributed by atoms with Crippen LogP contribution < -0.4 is 10.2 Å². The van der Waals surface area contributed by atoms with Crippen molar-refractivity contribution in [1.29, 1.82) is 0 Å². The normalized spacial score (nSPS) is 31.3. The fourth-order valence-electron chi connectivity index (χ4n) is 4.39. The first-order chi connectivity index (χ1) is 11.0. The molecular formula is C17H22ClN3O2. The number of amides is 2. The summed E-state index contributed by atoms with van der Waals surface area (Å²) in [6.07, 6.45) is 3.04. The van der Waals surface area contributed by atoms with E-state index in [9.17, 15) is 4.79 Å². The largest absolute Gasteiger partial charge is 0.375 e. The van der Waals surface area contributed by atoms with Crippen LogP contribution in [0.2, 0.25) is 5.02 Å². The lowest BCUT2D eigenvalue weighted by atomic mass is 9.82. The summed E-state index contributed by atoms with van der Waals surface area (Å²) in [6.45, 7) is 1.60. The van der Waals surface area contributed by atoms with Crippen LogP contribution in [0.5, 0.6) is 0 Å². The highest BCUT2D eigenvalue weighted by Gasteiger charge is 2.53. The van der Waals surface area contributed by atoms with Gasteiger partial charge < -0.3 is 19.9 Å². The molecule has 124 valence electrons. The summed E-state index contributed by atoms with van der Waals surface area (Å²) in [5.74, 6) is 1.04. The minimum Gasteiger partial charge on any atom is -0.375 e. The Balaban J connectivity index is 1.48. The monoisotopic (exact) mass is 335 g/mol. The van der Waals surface area contributed by atoms with Gasteiger partial charge in [-0.3, -0.25) is 0 Å². The molecule has 0 radical (unpaired) electrons. The van der Waals surface area contributed by atoms with Gasteiger partial charge in [-0.2, -0.15) is 0 Å². The highest BCUT2D eigenvalue weighted by Crippen LogP contribution is 2.47. The van der Waals surface area contributed by atoms with Gasteiger partial charge in [-0.25, -0.2) is 4.79 Å². The van der Waals surface area contributed by atoms with Crippen LogP contribution in [0.1, 0.15) is 12.8 Å². The summed E-state index contributed by atoms with van der Waals surface area (Å²) in [5.41, 5.74) is 1.59. The van der Waals surface area contributed by atoms with Crippen LogP contribution in [-0.4, -0.2) is 50.3 Å². The van der Waals surface area contributed by atoms with Gasteiger partial charge in [0.2, 0.25) is 0 Å². The molecule has 3 heterocycles. The number of rotatable bonds is 2. The van der Waals surface area contributed by atoms with E-state index in [2.05, 4.69) is 5.32 Å². The van der Waals surface area contributed by atoms with Crippen LogP contribution in [-0.2, 0) is 4.74 Å². The van der Waals surface area contributed by atoms with E-state index in [-0.39, 0.29) is 6.03 Å². The van der Waals surface area contributed by atoms with E-state index in [0.29, 0.717) is 29.1 Å². The van der Waals surface area contributed by atoms with Gasteiger partial charge >= 0.3 is 6.03 Å². The van der Waals surface area contributed by atoms with Crippen molar-refractivity contribution in [3.63, 3.8) is 0 Å². The number of nitrogens with zero attached hydrogens (tertiary/aromatic N) is 2. The molecule has 23 heavy (non-hydrogen) atoms. The number of ether oxygens (including phenoxy) is 1. The van der Waals surface area contributed by atoms with Gasteiger partial charge in [0, 0.05) is 39.0 Å². The first kappa shape index (κ1) is 15.1. The number of likely N-dealkylation sites (tertiary alicyclic amines) is 1. The van der Waals surface area contributed by atoms with Crippen molar-refractivity contribution in [3.8, 4) is 0 Å². The maximum Gasteiger partial charge on any atom is 0.321 e. The first-order valence-electron chi connectivity index (χ1n) is 8.22. The SMILES string of the molecule is CN(C)c1c(Cl)cccc1NC(=O)N1C[C@@H]2[C@@H](C1)[C@H]1CC[C@H]2O1. The lowest BCUT2D eigenvalue weighted by Crippen LogP contribution is -2.35. The molecule has 2 amide bonds. The van der Waals surface area contributed by atoms with Crippen molar-refractivity contribution >= 4 is 29.0 Å². The standard InChI is InChI=1S/C17H22ClN3O2/c1-20(2)16-12(18)4-3-5-13(16)19-17(22)21-8-10-11(9-21)15-7-6-14(10)23-15/h3-5,10-11,14-15H,6-9H2,1-2H3,(H,19,22)/t10-,11-,14-,15-/m1/s1. The molecule has 0 aromatic heterocycles. The van der Waals surface area contributed by atoms with Crippen molar-refractivity contribution < 1.29 is 9.53 Å². The summed E-state index contributed by atoms with van der Waals surface area (Å²) < 4.78 is 5.97. The van der Waals surface area contributed by atoms with Crippen molar-refractivity contribution in [1.82, 2.24) is 4.90 Å². The van der Waals surface area contributed by atoms with Crippen LogP contribution in [0, 0.1) is 11.8 Å². The molecule has 3 aliphatic rings. The molecule has 3 fully saturated rings. The van der Waals surface area contributed by atoms with Gasteiger partial charge in [0.1, 0.15) is 0 Å². The number of nitrogens with one attached hydrogen (secondary N) is 1. The number of para-hydroxylation sites is 1. The molecule has 0 unspecified atom stereocenters. The van der Waals surface area contributed by atoms with Crippen LogP contribution >= 0.6 is 11.6 Å². The number of fused-ring (bicyclic) bond motifs is 5. The molecule has 0 spiro atoms. The van der Waals surface area contributed by atoms with Gasteiger partial charge in [0.05, 0.1) is 28.6 Å². The van der Waals surface area contributed by atoms with E-state index in [1.165, 1.54) is 0 Å². The molecule has 1 aromatic carbocycles. The van der Waals surface area contributed by atoms with E-state index >= 15 is 0 Å². The zero-order valence-corrected chi connectivity index (χ0v) is 14.2. The average Bonchev–Trinajstić information content (AvgIpc) is 3.19. The number of halogens is 1. The lowest BCUT2D eigenvalue weighted by Gasteiger charge is -2.23. The van der Waals surface area contributed by atoms with Gasteiger partial charge in [0.15, 0.2) is 0 Å². The number of benzene rings is 1. The van der Waals surface area contributed by atoms with Crippen LogP contribution in [0.4, 0.5) is 16.2 Å². The maximum absolute atomic E-state index is 12.7. The van der Waals surface area contributed by atoms with Crippen molar-refractivity contribution in [2.45, 2.75) is 25.0 Å². The predicted molar refractivity (Wildman–Crippen MR) is 91.2 cm³/mol. The topological polar surface area (TPSA) is 44.8 Å². The summed E-state index contributed by atoms with van der Waals surface area (Å²) in [7, 11) is 3.85.